The Morgan fingerprint density at radius 1 is 1.17 bits per heavy atom. The molecule has 0 amide bonds. The molecule has 6 nitrogen and oxygen atoms in total. The van der Waals surface area contributed by atoms with E-state index in [-0.39, 0.29) is 17.2 Å². The number of hydrogen-bond acceptors (Lipinski definition) is 5. The molecule has 0 saturated carbocycles. The predicted octanol–water partition coefficient (Wildman–Crippen LogP) is 4.18. The Kier molecular flexibility index (Phi) is 3.57. The number of fused-ring (bicyclic) bond motifs is 1. The van der Waals surface area contributed by atoms with Gasteiger partial charge >= 0.3 is 11.7 Å². The van der Waals surface area contributed by atoms with Crippen LogP contribution in [0.25, 0.3) is 11.0 Å². The molecule has 0 unspecified atom stereocenters. The van der Waals surface area contributed by atoms with Gasteiger partial charge in [-0.3, -0.25) is 10.1 Å². The summed E-state index contributed by atoms with van der Waals surface area (Å²) in [6.07, 6.45) is 0. The van der Waals surface area contributed by atoms with Gasteiger partial charge < -0.3 is 9.15 Å². The van der Waals surface area contributed by atoms with E-state index >= 15 is 0 Å². The van der Waals surface area contributed by atoms with Gasteiger partial charge in [-0.15, -0.1) is 0 Å². The van der Waals surface area contributed by atoms with E-state index in [2.05, 4.69) is 0 Å². The maximum absolute atomic E-state index is 12.4. The third kappa shape index (κ3) is 2.66. The SMILES string of the molecule is Cc1ccc([N+](=O)[O-])c(OC(=O)c2oc3ccccc3c2C)c1. The molecule has 23 heavy (non-hydrogen) atoms. The van der Waals surface area contributed by atoms with Gasteiger partial charge in [-0.05, 0) is 31.5 Å². The van der Waals surface area contributed by atoms with Crippen molar-refractivity contribution in [3.8, 4) is 5.75 Å². The fourth-order valence-electron chi connectivity index (χ4n) is 2.37. The summed E-state index contributed by atoms with van der Waals surface area (Å²) < 4.78 is 10.7. The zero-order chi connectivity index (χ0) is 16.6. The molecule has 3 aromatic rings. The van der Waals surface area contributed by atoms with Crippen molar-refractivity contribution in [3.05, 3.63) is 69.5 Å². The van der Waals surface area contributed by atoms with Crippen molar-refractivity contribution in [1.29, 1.82) is 0 Å². The summed E-state index contributed by atoms with van der Waals surface area (Å²) in [5.41, 5.74) is 1.69. The summed E-state index contributed by atoms with van der Waals surface area (Å²) in [6, 6.07) is 11.6. The largest absolute Gasteiger partial charge is 0.449 e. The third-order valence-corrected chi connectivity index (χ3v) is 3.54. The Balaban J connectivity index is 2.00. The van der Waals surface area contributed by atoms with Crippen molar-refractivity contribution >= 4 is 22.6 Å². The molecule has 0 atom stereocenters. The lowest BCUT2D eigenvalue weighted by Crippen LogP contribution is -2.10. The van der Waals surface area contributed by atoms with Crippen LogP contribution in [0.4, 0.5) is 5.69 Å². The highest BCUT2D eigenvalue weighted by molar-refractivity contribution is 5.97. The summed E-state index contributed by atoms with van der Waals surface area (Å²) in [7, 11) is 0. The van der Waals surface area contributed by atoms with Crippen LogP contribution in [0.15, 0.2) is 46.9 Å². The minimum atomic E-state index is -0.757. The van der Waals surface area contributed by atoms with Gasteiger partial charge in [0.05, 0.1) is 4.92 Å². The lowest BCUT2D eigenvalue weighted by molar-refractivity contribution is -0.385. The van der Waals surface area contributed by atoms with Crippen molar-refractivity contribution in [2.45, 2.75) is 13.8 Å². The minimum Gasteiger partial charge on any atom is -0.449 e. The molecule has 1 aromatic heterocycles. The first kappa shape index (κ1) is 14.8. The number of aryl methyl sites for hydroxylation is 2. The van der Waals surface area contributed by atoms with Crippen molar-refractivity contribution in [2.75, 3.05) is 0 Å². The van der Waals surface area contributed by atoms with Gasteiger partial charge in [0.1, 0.15) is 5.58 Å². The molecule has 0 N–H and O–H groups in total. The molecular formula is C17H13NO5. The highest BCUT2D eigenvalue weighted by Crippen LogP contribution is 2.30. The number of ether oxygens (including phenoxy) is 1. The number of nitro groups is 1. The van der Waals surface area contributed by atoms with E-state index in [0.29, 0.717) is 11.1 Å². The molecule has 0 aliphatic carbocycles. The highest BCUT2D eigenvalue weighted by atomic mass is 16.6. The summed E-state index contributed by atoms with van der Waals surface area (Å²) in [5.74, 6) is -0.811. The Morgan fingerprint density at radius 2 is 1.91 bits per heavy atom. The van der Waals surface area contributed by atoms with Gasteiger partial charge in [0.25, 0.3) is 0 Å². The number of esters is 1. The molecule has 6 heteroatoms. The quantitative estimate of drug-likeness (QED) is 0.313. The molecule has 3 rings (SSSR count). The second-order valence-electron chi connectivity index (χ2n) is 5.17. The molecule has 0 fully saturated rings. The van der Waals surface area contributed by atoms with Crippen LogP contribution in [-0.4, -0.2) is 10.9 Å². The smallest absolute Gasteiger partial charge is 0.380 e. The van der Waals surface area contributed by atoms with E-state index in [1.54, 1.807) is 32.0 Å². The summed E-state index contributed by atoms with van der Waals surface area (Å²) in [5, 5.41) is 11.9. The first-order valence-corrected chi connectivity index (χ1v) is 6.92. The second-order valence-corrected chi connectivity index (χ2v) is 5.17. The fraction of sp³-hybridized carbons (Fsp3) is 0.118. The van der Waals surface area contributed by atoms with Crippen LogP contribution >= 0.6 is 0 Å². The molecule has 0 spiro atoms. The number of nitro benzene ring substituents is 1. The van der Waals surface area contributed by atoms with Crippen LogP contribution in [-0.2, 0) is 0 Å². The average Bonchev–Trinajstić information content (AvgIpc) is 2.85. The van der Waals surface area contributed by atoms with Crippen LogP contribution < -0.4 is 4.74 Å². The first-order valence-electron chi connectivity index (χ1n) is 6.92. The molecule has 116 valence electrons. The third-order valence-electron chi connectivity index (χ3n) is 3.54. The Hall–Kier alpha value is -3.15. The van der Waals surface area contributed by atoms with Crippen LogP contribution in [0, 0.1) is 24.0 Å². The number of furan rings is 1. The highest BCUT2D eigenvalue weighted by Gasteiger charge is 2.23. The van der Waals surface area contributed by atoms with Gasteiger partial charge in [0, 0.05) is 17.0 Å². The van der Waals surface area contributed by atoms with Gasteiger partial charge in [-0.1, -0.05) is 24.3 Å². The fourth-order valence-corrected chi connectivity index (χ4v) is 2.37. The van der Waals surface area contributed by atoms with Gasteiger partial charge in [-0.25, -0.2) is 4.79 Å². The van der Waals surface area contributed by atoms with Crippen molar-refractivity contribution in [3.63, 3.8) is 0 Å². The van der Waals surface area contributed by atoms with Crippen LogP contribution in [0.1, 0.15) is 21.7 Å². The molecular weight excluding hydrogens is 298 g/mol. The lowest BCUT2D eigenvalue weighted by atomic mass is 10.1. The molecule has 0 radical (unpaired) electrons. The molecule has 0 bridgehead atoms. The summed E-state index contributed by atoms with van der Waals surface area (Å²) >= 11 is 0. The van der Waals surface area contributed by atoms with Crippen molar-refractivity contribution < 1.29 is 18.9 Å². The topological polar surface area (TPSA) is 82.6 Å². The Morgan fingerprint density at radius 3 is 2.61 bits per heavy atom. The molecule has 1 heterocycles. The van der Waals surface area contributed by atoms with Crippen molar-refractivity contribution in [1.82, 2.24) is 0 Å². The monoisotopic (exact) mass is 311 g/mol. The van der Waals surface area contributed by atoms with Crippen LogP contribution in [0.5, 0.6) is 5.75 Å². The summed E-state index contributed by atoms with van der Waals surface area (Å²) in [6.45, 7) is 3.50. The second kappa shape index (κ2) is 5.57. The van der Waals surface area contributed by atoms with Crippen LogP contribution in [0.2, 0.25) is 0 Å². The zero-order valence-electron chi connectivity index (χ0n) is 12.5. The Labute approximate surface area is 131 Å². The van der Waals surface area contributed by atoms with E-state index < -0.39 is 10.9 Å². The van der Waals surface area contributed by atoms with E-state index in [1.165, 1.54) is 12.1 Å². The normalized spacial score (nSPS) is 10.7. The average molecular weight is 311 g/mol. The molecule has 0 aliphatic heterocycles. The molecule has 0 aliphatic rings. The lowest BCUT2D eigenvalue weighted by Gasteiger charge is -2.05. The number of nitrogens with zero attached hydrogens (tertiary/aromatic N) is 1. The zero-order valence-corrected chi connectivity index (χ0v) is 12.5. The van der Waals surface area contributed by atoms with Gasteiger partial charge in [0.15, 0.2) is 0 Å². The number of para-hydroxylation sites is 1. The van der Waals surface area contributed by atoms with Gasteiger partial charge in [0.2, 0.25) is 11.5 Å². The number of benzene rings is 2. The van der Waals surface area contributed by atoms with E-state index in [0.717, 1.165) is 10.9 Å². The molecule has 2 aromatic carbocycles. The molecule has 0 saturated heterocycles. The predicted molar refractivity (Wildman–Crippen MR) is 83.7 cm³/mol. The minimum absolute atomic E-state index is 0.0435. The van der Waals surface area contributed by atoms with Gasteiger partial charge in [-0.2, -0.15) is 0 Å². The first-order chi connectivity index (χ1) is 11.0. The standard InChI is InChI=1S/C17H13NO5/c1-10-7-8-13(18(20)21)15(9-10)23-17(19)16-11(2)12-5-3-4-6-14(12)22-16/h3-9H,1-2H3. The maximum atomic E-state index is 12.4. The maximum Gasteiger partial charge on any atom is 0.380 e. The van der Waals surface area contributed by atoms with Crippen LogP contribution in [0.3, 0.4) is 0 Å². The van der Waals surface area contributed by atoms with Crippen molar-refractivity contribution in [2.24, 2.45) is 0 Å². The van der Waals surface area contributed by atoms with E-state index in [1.807, 2.05) is 12.1 Å². The van der Waals surface area contributed by atoms with E-state index in [4.69, 9.17) is 9.15 Å². The number of carbonyl (C=O) groups is 1. The number of carbonyl (C=O) groups excluding carboxylic acids is 1. The number of rotatable bonds is 3. The van der Waals surface area contributed by atoms with E-state index in [9.17, 15) is 14.9 Å². The Bertz CT molecular complexity index is 926. The number of hydrogen-bond donors (Lipinski definition) is 0. The summed E-state index contributed by atoms with van der Waals surface area (Å²) in [4.78, 5) is 22.8.